The summed E-state index contributed by atoms with van der Waals surface area (Å²) in [7, 11) is 0. The van der Waals surface area contributed by atoms with Gasteiger partial charge in [0, 0.05) is 5.02 Å². The predicted molar refractivity (Wildman–Crippen MR) is 43.1 cm³/mol. The molecule has 0 N–H and O–H groups in total. The van der Waals surface area contributed by atoms with Crippen LogP contribution in [0.1, 0.15) is 17.9 Å². The molecule has 0 aromatic heterocycles. The second-order valence-corrected chi connectivity index (χ2v) is 3.01. The molecule has 1 unspecified atom stereocenters. The van der Waals surface area contributed by atoms with E-state index in [1.807, 2.05) is 18.2 Å². The lowest BCUT2D eigenvalue weighted by molar-refractivity contribution is 1.16. The van der Waals surface area contributed by atoms with Gasteiger partial charge in [-0.05, 0) is 30.4 Å². The average molecular weight is 152 g/mol. The molecule has 1 fully saturated rings. The summed E-state index contributed by atoms with van der Waals surface area (Å²) in [5.41, 5.74) is 1.28. The van der Waals surface area contributed by atoms with Crippen molar-refractivity contribution in [2.24, 2.45) is 0 Å². The van der Waals surface area contributed by atoms with E-state index in [2.05, 4.69) is 12.5 Å². The zero-order valence-corrected chi connectivity index (χ0v) is 6.31. The highest BCUT2D eigenvalue weighted by molar-refractivity contribution is 6.31. The van der Waals surface area contributed by atoms with Crippen molar-refractivity contribution in [2.75, 3.05) is 0 Å². The molecule has 0 spiro atoms. The first kappa shape index (κ1) is 6.23. The van der Waals surface area contributed by atoms with Gasteiger partial charge in [-0.25, -0.2) is 0 Å². The number of benzene rings is 1. The third-order valence-corrected chi connectivity index (χ3v) is 2.12. The average Bonchev–Trinajstić information content (AvgIpc) is 2.71. The van der Waals surface area contributed by atoms with Crippen molar-refractivity contribution in [3.05, 3.63) is 41.3 Å². The van der Waals surface area contributed by atoms with Crippen LogP contribution in [-0.4, -0.2) is 0 Å². The van der Waals surface area contributed by atoms with Crippen LogP contribution in [0.25, 0.3) is 0 Å². The van der Waals surface area contributed by atoms with Gasteiger partial charge in [0.1, 0.15) is 0 Å². The van der Waals surface area contributed by atoms with Crippen LogP contribution < -0.4 is 0 Å². The van der Waals surface area contributed by atoms with Crippen LogP contribution in [0.5, 0.6) is 0 Å². The normalized spacial score (nSPS) is 17.3. The smallest absolute Gasteiger partial charge is 0.0440 e. The molecule has 1 aromatic carbocycles. The van der Waals surface area contributed by atoms with Crippen molar-refractivity contribution in [3.8, 4) is 0 Å². The summed E-state index contributed by atoms with van der Waals surface area (Å²) in [4.78, 5) is 0. The molecule has 1 aliphatic carbocycles. The van der Waals surface area contributed by atoms with Crippen LogP contribution in [0.3, 0.4) is 0 Å². The fraction of sp³-hybridized carbons (Fsp3) is 0.222. The van der Waals surface area contributed by atoms with Gasteiger partial charge in [-0.15, -0.1) is 0 Å². The molecule has 10 heavy (non-hydrogen) atoms. The van der Waals surface area contributed by atoms with Crippen molar-refractivity contribution >= 4 is 11.6 Å². The number of halogens is 1. The van der Waals surface area contributed by atoms with Gasteiger partial charge in [-0.2, -0.15) is 0 Å². The van der Waals surface area contributed by atoms with Crippen molar-refractivity contribution in [1.29, 1.82) is 0 Å². The van der Waals surface area contributed by atoms with Gasteiger partial charge >= 0.3 is 0 Å². The van der Waals surface area contributed by atoms with Crippen LogP contribution >= 0.6 is 11.6 Å². The molecule has 0 nitrogen and oxygen atoms in total. The summed E-state index contributed by atoms with van der Waals surface area (Å²) in [6.07, 6.45) is 3.46. The molecular formula is C9H8Cl. The summed E-state index contributed by atoms with van der Waals surface area (Å²) >= 11 is 5.94. The van der Waals surface area contributed by atoms with E-state index < -0.39 is 0 Å². The first-order chi connectivity index (χ1) is 4.88. The van der Waals surface area contributed by atoms with E-state index in [0.717, 1.165) is 5.02 Å². The Balaban J connectivity index is 2.39. The van der Waals surface area contributed by atoms with Crippen molar-refractivity contribution in [1.82, 2.24) is 0 Å². The Morgan fingerprint density at radius 2 is 2.00 bits per heavy atom. The molecule has 1 heteroatoms. The van der Waals surface area contributed by atoms with Crippen LogP contribution in [0.2, 0.25) is 5.02 Å². The number of rotatable bonds is 1. The Kier molecular flexibility index (Phi) is 1.42. The largest absolute Gasteiger partial charge is 0.0840 e. The Hall–Kier alpha value is -0.490. The van der Waals surface area contributed by atoms with Gasteiger partial charge in [0.25, 0.3) is 0 Å². The van der Waals surface area contributed by atoms with E-state index in [-0.39, 0.29) is 0 Å². The van der Waals surface area contributed by atoms with E-state index in [9.17, 15) is 0 Å². The summed E-state index contributed by atoms with van der Waals surface area (Å²) in [5.74, 6) is 0.647. The third kappa shape index (κ3) is 1.04. The maximum Gasteiger partial charge on any atom is 0.0440 e. The molecular weight excluding hydrogens is 144 g/mol. The molecule has 51 valence electrons. The van der Waals surface area contributed by atoms with E-state index in [1.54, 1.807) is 0 Å². The van der Waals surface area contributed by atoms with Crippen LogP contribution in [-0.2, 0) is 0 Å². The number of hydrogen-bond donors (Lipinski definition) is 0. The summed E-state index contributed by atoms with van der Waals surface area (Å²) in [5, 5.41) is 0.904. The summed E-state index contributed by atoms with van der Waals surface area (Å²) in [6, 6.07) is 8.04. The molecule has 0 amide bonds. The highest BCUT2D eigenvalue weighted by Gasteiger charge is 2.25. The maximum atomic E-state index is 5.94. The second-order valence-electron chi connectivity index (χ2n) is 2.60. The first-order valence-electron chi connectivity index (χ1n) is 3.45. The van der Waals surface area contributed by atoms with Gasteiger partial charge in [0.05, 0.1) is 0 Å². The molecule has 2 rings (SSSR count). The minimum atomic E-state index is 0.647. The Morgan fingerprint density at radius 1 is 1.30 bits per heavy atom. The van der Waals surface area contributed by atoms with Crippen LogP contribution in [0, 0.1) is 6.42 Å². The topological polar surface area (TPSA) is 0 Å². The van der Waals surface area contributed by atoms with Crippen molar-refractivity contribution in [2.45, 2.75) is 12.3 Å². The highest BCUT2D eigenvalue weighted by atomic mass is 35.5. The highest BCUT2D eigenvalue weighted by Crippen LogP contribution is 2.41. The molecule has 0 bridgehead atoms. The molecule has 1 aliphatic rings. The SMILES string of the molecule is Clc1ccccc1C1[CH]C1. The molecule has 1 aromatic rings. The molecule has 0 heterocycles. The molecule has 1 saturated carbocycles. The van der Waals surface area contributed by atoms with Crippen LogP contribution in [0.15, 0.2) is 24.3 Å². The second kappa shape index (κ2) is 2.28. The first-order valence-corrected chi connectivity index (χ1v) is 3.83. The van der Waals surface area contributed by atoms with Gasteiger partial charge in [0.2, 0.25) is 0 Å². The van der Waals surface area contributed by atoms with Gasteiger partial charge in [-0.3, -0.25) is 0 Å². The Morgan fingerprint density at radius 3 is 2.60 bits per heavy atom. The maximum absolute atomic E-state index is 5.94. The fourth-order valence-electron chi connectivity index (χ4n) is 1.10. The molecule has 1 radical (unpaired) electrons. The van der Waals surface area contributed by atoms with Crippen LogP contribution in [0.4, 0.5) is 0 Å². The minimum absolute atomic E-state index is 0.647. The van der Waals surface area contributed by atoms with Gasteiger partial charge < -0.3 is 0 Å². The lowest BCUT2D eigenvalue weighted by atomic mass is 10.1. The zero-order valence-electron chi connectivity index (χ0n) is 5.55. The van der Waals surface area contributed by atoms with E-state index in [0.29, 0.717) is 5.92 Å². The monoisotopic (exact) mass is 151 g/mol. The van der Waals surface area contributed by atoms with Crippen molar-refractivity contribution in [3.63, 3.8) is 0 Å². The van der Waals surface area contributed by atoms with Gasteiger partial charge in [-0.1, -0.05) is 29.8 Å². The molecule has 0 saturated heterocycles. The quantitative estimate of drug-likeness (QED) is 0.579. The molecule has 0 aliphatic heterocycles. The Bertz CT molecular complexity index is 238. The third-order valence-electron chi connectivity index (χ3n) is 1.78. The minimum Gasteiger partial charge on any atom is -0.0840 e. The lowest BCUT2D eigenvalue weighted by Gasteiger charge is -1.98. The van der Waals surface area contributed by atoms with E-state index in [1.165, 1.54) is 12.0 Å². The number of hydrogen-bond acceptors (Lipinski definition) is 0. The predicted octanol–water partition coefficient (Wildman–Crippen LogP) is 3.03. The Labute approximate surface area is 65.8 Å². The van der Waals surface area contributed by atoms with E-state index in [4.69, 9.17) is 11.6 Å². The zero-order chi connectivity index (χ0) is 6.97. The standard InChI is InChI=1S/C9H8Cl/c10-9-4-2-1-3-8(9)7-5-6-7/h1-5,7H,6H2. The van der Waals surface area contributed by atoms with Crippen molar-refractivity contribution < 1.29 is 0 Å². The molecule has 1 atom stereocenters. The van der Waals surface area contributed by atoms with Gasteiger partial charge in [0.15, 0.2) is 0 Å². The fourth-order valence-corrected chi connectivity index (χ4v) is 1.37. The summed E-state index contributed by atoms with van der Waals surface area (Å²) < 4.78 is 0. The summed E-state index contributed by atoms with van der Waals surface area (Å²) in [6.45, 7) is 0. The lowest BCUT2D eigenvalue weighted by Crippen LogP contribution is -1.78. The van der Waals surface area contributed by atoms with E-state index >= 15 is 0 Å².